The molecule has 2 aromatic rings. The number of hydrogen-bond donors (Lipinski definition) is 1. The van der Waals surface area contributed by atoms with Crippen molar-refractivity contribution < 1.29 is 19.1 Å². The smallest absolute Gasteiger partial charge is 0.407 e. The molecule has 1 heterocycles. The topological polar surface area (TPSA) is 67.9 Å². The third kappa shape index (κ3) is 5.86. The molecular weight excluding hydrogens is 355 g/mol. The first-order valence-electron chi connectivity index (χ1n) is 9.50. The molecule has 0 aliphatic carbocycles. The molecule has 6 nitrogen and oxygen atoms in total. The number of nitrogens with one attached hydrogen (secondary N) is 1. The van der Waals surface area contributed by atoms with E-state index in [1.807, 2.05) is 61.5 Å². The van der Waals surface area contributed by atoms with Crippen LogP contribution in [-0.2, 0) is 16.1 Å². The zero-order valence-corrected chi connectivity index (χ0v) is 16.0. The van der Waals surface area contributed by atoms with Gasteiger partial charge in [0, 0.05) is 5.92 Å². The number of amides is 1. The summed E-state index contributed by atoms with van der Waals surface area (Å²) >= 11 is 0. The highest BCUT2D eigenvalue weighted by Gasteiger charge is 2.26. The van der Waals surface area contributed by atoms with Gasteiger partial charge in [-0.1, -0.05) is 42.5 Å². The molecule has 146 valence electrons. The van der Waals surface area contributed by atoms with E-state index >= 15 is 0 Å². The van der Waals surface area contributed by atoms with Crippen LogP contribution in [0.1, 0.15) is 24.1 Å². The van der Waals surface area contributed by atoms with Crippen LogP contribution in [0.25, 0.3) is 0 Å². The van der Waals surface area contributed by atoms with Crippen molar-refractivity contribution in [2.75, 3.05) is 19.7 Å². The summed E-state index contributed by atoms with van der Waals surface area (Å²) in [5.74, 6) is 1.27. The van der Waals surface area contributed by atoms with Crippen molar-refractivity contribution in [2.24, 2.45) is 5.92 Å². The van der Waals surface area contributed by atoms with Gasteiger partial charge in [-0.05, 0) is 43.3 Å². The fourth-order valence-electron chi connectivity index (χ4n) is 3.13. The minimum atomic E-state index is -0.443. The van der Waals surface area contributed by atoms with Crippen molar-refractivity contribution in [3.8, 4) is 5.75 Å². The van der Waals surface area contributed by atoms with E-state index in [0.29, 0.717) is 19.9 Å². The molecule has 1 fully saturated rings. The molecule has 7 heteroatoms. The average Bonchev–Trinajstić information content (AvgIpc) is 2.69. The molecule has 1 aliphatic heterocycles. The molecule has 1 saturated heterocycles. The SMILES string of the molecule is C[C@H](NC(=O)OCc1ccccc1)c1ccc(OCC2CN(BC=O)C2)cc1. The van der Waals surface area contributed by atoms with Gasteiger partial charge < -0.3 is 24.4 Å². The Morgan fingerprint density at radius 1 is 1.21 bits per heavy atom. The van der Waals surface area contributed by atoms with Gasteiger partial charge in [0.05, 0.1) is 18.8 Å². The molecule has 2 aromatic carbocycles. The summed E-state index contributed by atoms with van der Waals surface area (Å²) in [6.45, 7) is 4.62. The van der Waals surface area contributed by atoms with Gasteiger partial charge in [-0.15, -0.1) is 0 Å². The number of nitrogens with zero attached hydrogens (tertiary/aromatic N) is 1. The molecule has 1 atom stereocenters. The number of hydrogen-bond acceptors (Lipinski definition) is 5. The average molecular weight is 380 g/mol. The molecule has 1 N–H and O–H groups in total. The van der Waals surface area contributed by atoms with Crippen LogP contribution in [0.4, 0.5) is 4.79 Å². The molecule has 0 radical (unpaired) electrons. The van der Waals surface area contributed by atoms with Crippen LogP contribution < -0.4 is 10.1 Å². The fraction of sp³-hybridized carbons (Fsp3) is 0.333. The number of carbonyl (C=O) groups excluding carboxylic acids is 2. The van der Waals surface area contributed by atoms with Crippen molar-refractivity contribution in [3.63, 3.8) is 0 Å². The van der Waals surface area contributed by atoms with Gasteiger partial charge in [-0.3, -0.25) is 0 Å². The van der Waals surface area contributed by atoms with E-state index in [1.54, 1.807) is 0 Å². The molecule has 28 heavy (non-hydrogen) atoms. The summed E-state index contributed by atoms with van der Waals surface area (Å²) in [6, 6.07) is 17.1. The lowest BCUT2D eigenvalue weighted by Crippen LogP contribution is -2.51. The standard InChI is InChI=1S/C21H25BN2O4/c1-16(23-21(26)28-13-17-5-3-2-4-6-17)19-7-9-20(10-8-19)27-14-18-11-24(12-18)22-15-25/h2-10,15-16,18,22H,11-14H2,1H3,(H,23,26)/t16-/m0/s1. The maximum atomic E-state index is 12.0. The minimum Gasteiger partial charge on any atom is -0.493 e. The molecule has 1 aliphatic rings. The molecule has 1 amide bonds. The molecule has 3 rings (SSSR count). The molecule has 0 aromatic heterocycles. The highest BCUT2D eigenvalue weighted by molar-refractivity contribution is 6.64. The Hall–Kier alpha value is -2.80. The Labute approximate surface area is 166 Å². The Kier molecular flexibility index (Phi) is 7.09. The third-order valence-electron chi connectivity index (χ3n) is 4.78. The van der Waals surface area contributed by atoms with Crippen LogP contribution in [0.15, 0.2) is 54.6 Å². The van der Waals surface area contributed by atoms with Crippen LogP contribution >= 0.6 is 0 Å². The Bertz CT molecular complexity index is 764. The van der Waals surface area contributed by atoms with Crippen molar-refractivity contribution in [1.29, 1.82) is 0 Å². The van der Waals surface area contributed by atoms with Gasteiger partial charge in [-0.2, -0.15) is 0 Å². The summed E-state index contributed by atoms with van der Waals surface area (Å²) in [6.07, 6.45) is 0.490. The Balaban J connectivity index is 1.39. The van der Waals surface area contributed by atoms with Crippen molar-refractivity contribution in [2.45, 2.75) is 19.6 Å². The third-order valence-corrected chi connectivity index (χ3v) is 4.78. The van der Waals surface area contributed by atoms with E-state index in [2.05, 4.69) is 10.1 Å². The van der Waals surface area contributed by atoms with Gasteiger partial charge >= 0.3 is 6.09 Å². The number of alkyl carbamates (subject to hydrolysis) is 1. The number of benzene rings is 2. The largest absolute Gasteiger partial charge is 0.493 e. The van der Waals surface area contributed by atoms with E-state index in [-0.39, 0.29) is 12.6 Å². The van der Waals surface area contributed by atoms with Gasteiger partial charge in [0.2, 0.25) is 0 Å². The van der Waals surface area contributed by atoms with Crippen LogP contribution in [0.3, 0.4) is 0 Å². The lowest BCUT2D eigenvalue weighted by atomic mass is 9.85. The summed E-state index contributed by atoms with van der Waals surface area (Å²) in [5.41, 5.74) is 1.93. The van der Waals surface area contributed by atoms with Crippen molar-refractivity contribution >= 4 is 19.7 Å². The number of rotatable bonds is 9. The van der Waals surface area contributed by atoms with Crippen LogP contribution in [0.2, 0.25) is 0 Å². The van der Waals surface area contributed by atoms with Crippen LogP contribution in [0, 0.1) is 5.92 Å². The Morgan fingerprint density at radius 2 is 1.93 bits per heavy atom. The zero-order valence-electron chi connectivity index (χ0n) is 16.0. The first kappa shape index (κ1) is 20.0. The molecule has 0 unspecified atom stereocenters. The van der Waals surface area contributed by atoms with E-state index < -0.39 is 6.09 Å². The van der Waals surface area contributed by atoms with Gasteiger partial charge in [0.15, 0.2) is 0 Å². The summed E-state index contributed by atoms with van der Waals surface area (Å²) in [4.78, 5) is 24.5. The molecular formula is C21H25BN2O4. The monoisotopic (exact) mass is 380 g/mol. The Morgan fingerprint density at radius 3 is 2.61 bits per heavy atom. The lowest BCUT2D eigenvalue weighted by Gasteiger charge is -2.37. The number of carbonyl (C=O) groups is 2. The van der Waals surface area contributed by atoms with E-state index in [9.17, 15) is 9.59 Å². The zero-order chi connectivity index (χ0) is 19.8. The van der Waals surface area contributed by atoms with E-state index in [4.69, 9.17) is 9.47 Å². The first-order valence-corrected chi connectivity index (χ1v) is 9.50. The van der Waals surface area contributed by atoms with Crippen LogP contribution in [-0.4, -0.2) is 44.2 Å². The summed E-state index contributed by atoms with van der Waals surface area (Å²) in [7, 11) is 0.504. The second kappa shape index (κ2) is 9.94. The normalized spacial score (nSPS) is 15.2. The summed E-state index contributed by atoms with van der Waals surface area (Å²) in [5, 5.41) is 2.84. The van der Waals surface area contributed by atoms with Gasteiger partial charge in [0.25, 0.3) is 7.41 Å². The summed E-state index contributed by atoms with van der Waals surface area (Å²) < 4.78 is 11.1. The second-order valence-electron chi connectivity index (χ2n) is 7.06. The van der Waals surface area contributed by atoms with Crippen molar-refractivity contribution in [3.05, 3.63) is 65.7 Å². The van der Waals surface area contributed by atoms with E-state index in [1.165, 1.54) is 0 Å². The highest BCUT2D eigenvalue weighted by Crippen LogP contribution is 2.20. The number of ether oxygens (including phenoxy) is 2. The van der Waals surface area contributed by atoms with Gasteiger partial charge in [0.1, 0.15) is 12.4 Å². The van der Waals surface area contributed by atoms with Gasteiger partial charge in [-0.25, -0.2) is 4.79 Å². The maximum Gasteiger partial charge on any atom is 0.407 e. The lowest BCUT2D eigenvalue weighted by molar-refractivity contribution is 0.130. The quantitative estimate of drug-likeness (QED) is 0.535. The predicted molar refractivity (Wildman–Crippen MR) is 109 cm³/mol. The van der Waals surface area contributed by atoms with Crippen molar-refractivity contribution in [1.82, 2.24) is 10.1 Å². The highest BCUT2D eigenvalue weighted by atomic mass is 16.5. The predicted octanol–water partition coefficient (Wildman–Crippen LogP) is 2.53. The minimum absolute atomic E-state index is 0.166. The maximum absolute atomic E-state index is 12.0. The second-order valence-corrected chi connectivity index (χ2v) is 7.06. The van der Waals surface area contributed by atoms with Crippen LogP contribution in [0.5, 0.6) is 5.75 Å². The fourth-order valence-corrected chi connectivity index (χ4v) is 3.13. The first-order chi connectivity index (χ1) is 13.6. The molecule has 0 bridgehead atoms. The van der Waals surface area contributed by atoms with E-state index in [0.717, 1.165) is 36.2 Å². The molecule has 0 saturated carbocycles. The molecule has 0 spiro atoms.